The Kier molecular flexibility index (Phi) is 3.78. The molecular weight excluding hydrogens is 254 g/mol. The van der Waals surface area contributed by atoms with Crippen LogP contribution in [0.1, 0.15) is 24.4 Å². The van der Waals surface area contributed by atoms with Crippen LogP contribution in [0.25, 0.3) is 0 Å². The van der Waals surface area contributed by atoms with E-state index >= 15 is 0 Å². The van der Waals surface area contributed by atoms with E-state index in [-0.39, 0.29) is 0 Å². The fourth-order valence-corrected chi connectivity index (χ4v) is 2.38. The molecule has 0 amide bonds. The molecule has 0 saturated carbocycles. The molecule has 1 aromatic carbocycles. The van der Waals surface area contributed by atoms with E-state index in [0.717, 1.165) is 17.4 Å². The van der Waals surface area contributed by atoms with Gasteiger partial charge >= 0.3 is 0 Å². The molecule has 15 heavy (non-hydrogen) atoms. The van der Waals surface area contributed by atoms with E-state index in [1.807, 2.05) is 0 Å². The van der Waals surface area contributed by atoms with E-state index in [2.05, 4.69) is 45.5 Å². The summed E-state index contributed by atoms with van der Waals surface area (Å²) in [5.41, 5.74) is 1.31. The molecule has 2 rings (SSSR count). The maximum atomic E-state index is 5.51. The molecule has 3 heteroatoms. The molecule has 1 aromatic rings. The molecule has 1 saturated heterocycles. The molecule has 1 heterocycles. The van der Waals surface area contributed by atoms with Gasteiger partial charge in [-0.2, -0.15) is 0 Å². The maximum Gasteiger partial charge on any atom is 0.0766 e. The largest absolute Gasteiger partial charge is 0.379 e. The van der Waals surface area contributed by atoms with Gasteiger partial charge in [0, 0.05) is 11.6 Å². The second kappa shape index (κ2) is 5.10. The molecule has 82 valence electrons. The Morgan fingerprint density at radius 3 is 2.73 bits per heavy atom. The predicted octanol–water partition coefficient (Wildman–Crippen LogP) is 2.89. The summed E-state index contributed by atoms with van der Waals surface area (Å²) in [6.07, 6.45) is 2.65. The number of piperidine rings is 1. The third kappa shape index (κ3) is 2.60. The molecule has 1 aliphatic rings. The zero-order chi connectivity index (χ0) is 10.7. The van der Waals surface area contributed by atoms with Crippen LogP contribution in [0.3, 0.4) is 0 Å². The molecule has 1 aliphatic heterocycles. The highest BCUT2D eigenvalue weighted by molar-refractivity contribution is 9.10. The van der Waals surface area contributed by atoms with Crippen LogP contribution in [-0.4, -0.2) is 19.8 Å². The standard InChI is InChI=1S/C12H16BrNO/c1-15-11-3-2-8-14-12(11)9-4-6-10(13)7-5-9/h4-7,11-12,14H,2-3,8H2,1H3. The Labute approximate surface area is 99.1 Å². The van der Waals surface area contributed by atoms with Gasteiger partial charge < -0.3 is 10.1 Å². The number of methoxy groups -OCH3 is 1. The summed E-state index contributed by atoms with van der Waals surface area (Å²) in [4.78, 5) is 0. The van der Waals surface area contributed by atoms with Crippen molar-refractivity contribution in [1.82, 2.24) is 5.32 Å². The summed E-state index contributed by atoms with van der Waals surface area (Å²) in [5.74, 6) is 0. The van der Waals surface area contributed by atoms with Crippen molar-refractivity contribution in [3.8, 4) is 0 Å². The van der Waals surface area contributed by atoms with Crippen LogP contribution in [0.4, 0.5) is 0 Å². The SMILES string of the molecule is COC1CCCNC1c1ccc(Br)cc1. The molecular formula is C12H16BrNO. The van der Waals surface area contributed by atoms with Crippen LogP contribution in [-0.2, 0) is 4.74 Å². The highest BCUT2D eigenvalue weighted by Crippen LogP contribution is 2.26. The van der Waals surface area contributed by atoms with Gasteiger partial charge in [0.05, 0.1) is 12.1 Å². The average molecular weight is 270 g/mol. The second-order valence-corrected chi connectivity index (χ2v) is 4.82. The number of ether oxygens (including phenoxy) is 1. The van der Waals surface area contributed by atoms with Gasteiger partial charge in [-0.15, -0.1) is 0 Å². The van der Waals surface area contributed by atoms with Gasteiger partial charge in [-0.05, 0) is 37.1 Å². The van der Waals surface area contributed by atoms with Crippen molar-refractivity contribution in [2.75, 3.05) is 13.7 Å². The van der Waals surface area contributed by atoms with Crippen molar-refractivity contribution < 1.29 is 4.74 Å². The topological polar surface area (TPSA) is 21.3 Å². The normalized spacial score (nSPS) is 26.5. The summed E-state index contributed by atoms with van der Waals surface area (Å²) in [6, 6.07) is 8.81. The van der Waals surface area contributed by atoms with Crippen molar-refractivity contribution in [1.29, 1.82) is 0 Å². The molecule has 1 N–H and O–H groups in total. The summed E-state index contributed by atoms with van der Waals surface area (Å²) < 4.78 is 6.64. The first kappa shape index (κ1) is 11.1. The Morgan fingerprint density at radius 2 is 2.07 bits per heavy atom. The first-order valence-corrected chi connectivity index (χ1v) is 6.12. The lowest BCUT2D eigenvalue weighted by Crippen LogP contribution is -2.38. The molecule has 2 unspecified atom stereocenters. The summed E-state index contributed by atoms with van der Waals surface area (Å²) >= 11 is 3.45. The number of halogens is 1. The van der Waals surface area contributed by atoms with Crippen LogP contribution < -0.4 is 5.32 Å². The minimum Gasteiger partial charge on any atom is -0.379 e. The molecule has 0 aliphatic carbocycles. The van der Waals surface area contributed by atoms with Gasteiger partial charge in [0.25, 0.3) is 0 Å². The van der Waals surface area contributed by atoms with Gasteiger partial charge in [0.1, 0.15) is 0 Å². The maximum absolute atomic E-state index is 5.51. The van der Waals surface area contributed by atoms with Gasteiger partial charge in [-0.25, -0.2) is 0 Å². The average Bonchev–Trinajstić information content (AvgIpc) is 2.30. The van der Waals surface area contributed by atoms with Gasteiger partial charge in [-0.3, -0.25) is 0 Å². The van der Waals surface area contributed by atoms with Crippen molar-refractivity contribution in [3.05, 3.63) is 34.3 Å². The second-order valence-electron chi connectivity index (χ2n) is 3.90. The van der Waals surface area contributed by atoms with E-state index in [1.165, 1.54) is 12.0 Å². The van der Waals surface area contributed by atoms with E-state index in [0.29, 0.717) is 12.1 Å². The number of hydrogen-bond acceptors (Lipinski definition) is 2. The van der Waals surface area contributed by atoms with Crippen molar-refractivity contribution in [2.45, 2.75) is 25.0 Å². The predicted molar refractivity (Wildman–Crippen MR) is 64.9 cm³/mol. The van der Waals surface area contributed by atoms with Crippen LogP contribution >= 0.6 is 15.9 Å². The molecule has 0 radical (unpaired) electrons. The van der Waals surface area contributed by atoms with Gasteiger partial charge in [-0.1, -0.05) is 28.1 Å². The zero-order valence-electron chi connectivity index (χ0n) is 8.87. The monoisotopic (exact) mass is 269 g/mol. The summed E-state index contributed by atoms with van der Waals surface area (Å²) in [7, 11) is 1.80. The van der Waals surface area contributed by atoms with Gasteiger partial charge in [0.15, 0.2) is 0 Å². The highest BCUT2D eigenvalue weighted by Gasteiger charge is 2.25. The third-order valence-corrected chi connectivity index (χ3v) is 3.46. The van der Waals surface area contributed by atoms with Crippen LogP contribution in [0.2, 0.25) is 0 Å². The van der Waals surface area contributed by atoms with Crippen molar-refractivity contribution in [3.63, 3.8) is 0 Å². The fourth-order valence-electron chi connectivity index (χ4n) is 2.12. The van der Waals surface area contributed by atoms with E-state index in [1.54, 1.807) is 7.11 Å². The summed E-state index contributed by atoms with van der Waals surface area (Å²) in [6.45, 7) is 1.08. The van der Waals surface area contributed by atoms with Gasteiger partial charge in [0.2, 0.25) is 0 Å². The Balaban J connectivity index is 2.16. The third-order valence-electron chi connectivity index (χ3n) is 2.93. The van der Waals surface area contributed by atoms with Crippen molar-refractivity contribution in [2.24, 2.45) is 0 Å². The first-order valence-electron chi connectivity index (χ1n) is 5.33. The number of nitrogens with one attached hydrogen (secondary N) is 1. The molecule has 0 aromatic heterocycles. The van der Waals surface area contributed by atoms with Crippen LogP contribution in [0.5, 0.6) is 0 Å². The number of hydrogen-bond donors (Lipinski definition) is 1. The fraction of sp³-hybridized carbons (Fsp3) is 0.500. The molecule has 2 atom stereocenters. The Morgan fingerprint density at radius 1 is 1.33 bits per heavy atom. The lowest BCUT2D eigenvalue weighted by Gasteiger charge is -2.31. The number of benzene rings is 1. The highest BCUT2D eigenvalue weighted by atomic mass is 79.9. The lowest BCUT2D eigenvalue weighted by molar-refractivity contribution is 0.0452. The smallest absolute Gasteiger partial charge is 0.0766 e. The Hall–Kier alpha value is -0.380. The quantitative estimate of drug-likeness (QED) is 0.892. The minimum absolute atomic E-state index is 0.305. The molecule has 2 nitrogen and oxygen atoms in total. The van der Waals surface area contributed by atoms with E-state index < -0.39 is 0 Å². The lowest BCUT2D eigenvalue weighted by atomic mass is 9.94. The minimum atomic E-state index is 0.305. The van der Waals surface area contributed by atoms with E-state index in [9.17, 15) is 0 Å². The molecule has 0 spiro atoms. The summed E-state index contributed by atoms with van der Waals surface area (Å²) in [5, 5.41) is 3.52. The Bertz CT molecular complexity index is 312. The van der Waals surface area contributed by atoms with Crippen molar-refractivity contribution >= 4 is 15.9 Å². The number of rotatable bonds is 2. The zero-order valence-corrected chi connectivity index (χ0v) is 10.5. The van der Waals surface area contributed by atoms with Crippen LogP contribution in [0, 0.1) is 0 Å². The van der Waals surface area contributed by atoms with Crippen LogP contribution in [0.15, 0.2) is 28.7 Å². The van der Waals surface area contributed by atoms with E-state index in [4.69, 9.17) is 4.74 Å². The first-order chi connectivity index (χ1) is 7.31. The molecule has 1 fully saturated rings. The molecule has 0 bridgehead atoms.